The minimum atomic E-state index is -0.604. The second kappa shape index (κ2) is 12.5. The predicted molar refractivity (Wildman–Crippen MR) is 123 cm³/mol. The molecule has 0 radical (unpaired) electrons. The van der Waals surface area contributed by atoms with E-state index in [1.807, 2.05) is 63.3 Å². The van der Waals surface area contributed by atoms with Gasteiger partial charge in [-0.3, -0.25) is 15.0 Å². The molecule has 1 rings (SSSR count). The van der Waals surface area contributed by atoms with Crippen molar-refractivity contribution in [3.05, 3.63) is 42.0 Å². The topological polar surface area (TPSA) is 67.4 Å². The van der Waals surface area contributed by atoms with E-state index < -0.39 is 17.4 Å². The van der Waals surface area contributed by atoms with Gasteiger partial charge in [0.05, 0.1) is 11.8 Å². The molecule has 1 aromatic carbocycles. The quantitative estimate of drug-likeness (QED) is 0.394. The molecule has 0 saturated carbocycles. The van der Waals surface area contributed by atoms with Crippen LogP contribution in [0, 0.1) is 23.7 Å². The molecule has 168 valence electrons. The minimum Gasteiger partial charge on any atom is -0.460 e. The highest BCUT2D eigenvalue weighted by atomic mass is 16.6. The maximum absolute atomic E-state index is 13.1. The Labute approximate surface area is 182 Å². The van der Waals surface area contributed by atoms with Gasteiger partial charge in [-0.2, -0.15) is 0 Å². The third-order valence-corrected chi connectivity index (χ3v) is 4.48. The van der Waals surface area contributed by atoms with Crippen LogP contribution in [-0.2, 0) is 14.3 Å². The van der Waals surface area contributed by atoms with E-state index in [1.54, 1.807) is 0 Å². The molecule has 1 amide bonds. The smallest absolute Gasteiger partial charge is 0.310 e. The molecule has 5 heteroatoms. The summed E-state index contributed by atoms with van der Waals surface area (Å²) in [4.78, 5) is 26.1. The molecular formula is C25H40N2O3. The Morgan fingerprint density at radius 2 is 1.63 bits per heavy atom. The molecule has 0 heterocycles. The first-order valence-electron chi connectivity index (χ1n) is 11.0. The SMILES string of the molecule is CC(C)CNNC(=O)[C@H](CC(C)C)[C@H](C/C=C/c1ccccc1)C(=O)OC(C)(C)C. The molecule has 0 aromatic heterocycles. The molecule has 30 heavy (non-hydrogen) atoms. The summed E-state index contributed by atoms with van der Waals surface area (Å²) in [7, 11) is 0. The summed E-state index contributed by atoms with van der Waals surface area (Å²) in [5.41, 5.74) is 6.25. The lowest BCUT2D eigenvalue weighted by molar-refractivity contribution is -0.164. The highest BCUT2D eigenvalue weighted by Crippen LogP contribution is 2.28. The number of hydrogen-bond donors (Lipinski definition) is 2. The van der Waals surface area contributed by atoms with Crippen LogP contribution in [0.1, 0.15) is 66.9 Å². The molecule has 2 atom stereocenters. The number of amides is 1. The van der Waals surface area contributed by atoms with Gasteiger partial charge in [0.2, 0.25) is 5.91 Å². The maximum atomic E-state index is 13.1. The first-order chi connectivity index (χ1) is 14.0. The summed E-state index contributed by atoms with van der Waals surface area (Å²) < 4.78 is 5.68. The van der Waals surface area contributed by atoms with E-state index >= 15 is 0 Å². The Morgan fingerprint density at radius 1 is 1.00 bits per heavy atom. The van der Waals surface area contributed by atoms with Crippen molar-refractivity contribution < 1.29 is 14.3 Å². The highest BCUT2D eigenvalue weighted by Gasteiger charge is 2.36. The fourth-order valence-electron chi connectivity index (χ4n) is 3.11. The van der Waals surface area contributed by atoms with Crippen molar-refractivity contribution in [2.75, 3.05) is 6.54 Å². The van der Waals surface area contributed by atoms with Crippen LogP contribution in [-0.4, -0.2) is 24.0 Å². The van der Waals surface area contributed by atoms with E-state index in [4.69, 9.17) is 4.74 Å². The van der Waals surface area contributed by atoms with Crippen LogP contribution in [0.5, 0.6) is 0 Å². The molecule has 0 saturated heterocycles. The number of allylic oxidation sites excluding steroid dienone is 1. The maximum Gasteiger partial charge on any atom is 0.310 e. The first kappa shape index (κ1) is 25.9. The van der Waals surface area contributed by atoms with Crippen LogP contribution >= 0.6 is 0 Å². The minimum absolute atomic E-state index is 0.159. The van der Waals surface area contributed by atoms with Gasteiger partial charge in [-0.25, -0.2) is 5.43 Å². The number of benzene rings is 1. The molecule has 2 N–H and O–H groups in total. The van der Waals surface area contributed by atoms with E-state index in [2.05, 4.69) is 38.5 Å². The fourth-order valence-corrected chi connectivity index (χ4v) is 3.11. The number of ether oxygens (including phenoxy) is 1. The number of nitrogens with one attached hydrogen (secondary N) is 2. The number of carbonyl (C=O) groups excluding carboxylic acids is 2. The van der Waals surface area contributed by atoms with Crippen molar-refractivity contribution in [2.24, 2.45) is 23.7 Å². The zero-order valence-electron chi connectivity index (χ0n) is 19.7. The van der Waals surface area contributed by atoms with E-state index in [1.165, 1.54) is 0 Å². The molecular weight excluding hydrogens is 376 g/mol. The molecule has 0 unspecified atom stereocenters. The molecule has 5 nitrogen and oxygen atoms in total. The number of hydrogen-bond acceptors (Lipinski definition) is 4. The second-order valence-corrected chi connectivity index (χ2v) is 9.69. The van der Waals surface area contributed by atoms with Crippen LogP contribution in [0.15, 0.2) is 36.4 Å². The Kier molecular flexibility index (Phi) is 10.8. The third-order valence-electron chi connectivity index (χ3n) is 4.48. The molecule has 0 aliphatic heterocycles. The van der Waals surface area contributed by atoms with Crippen LogP contribution in [0.2, 0.25) is 0 Å². The molecule has 0 aliphatic rings. The average molecular weight is 417 g/mol. The Morgan fingerprint density at radius 3 is 2.17 bits per heavy atom. The lowest BCUT2D eigenvalue weighted by atomic mass is 9.82. The van der Waals surface area contributed by atoms with Gasteiger partial charge in [-0.1, -0.05) is 70.2 Å². The van der Waals surface area contributed by atoms with Gasteiger partial charge in [0.25, 0.3) is 0 Å². The zero-order valence-corrected chi connectivity index (χ0v) is 19.7. The molecule has 0 aliphatic carbocycles. The van der Waals surface area contributed by atoms with Crippen LogP contribution in [0.25, 0.3) is 6.08 Å². The van der Waals surface area contributed by atoms with Gasteiger partial charge in [-0.15, -0.1) is 0 Å². The number of carbonyl (C=O) groups is 2. The largest absolute Gasteiger partial charge is 0.460 e. The lowest BCUT2D eigenvalue weighted by Crippen LogP contribution is -2.47. The van der Waals surface area contributed by atoms with E-state index in [-0.39, 0.29) is 17.8 Å². The summed E-state index contributed by atoms with van der Waals surface area (Å²) in [6.07, 6.45) is 5.00. The third kappa shape index (κ3) is 10.6. The van der Waals surface area contributed by atoms with Gasteiger partial charge in [-0.05, 0) is 51.0 Å². The average Bonchev–Trinajstić information content (AvgIpc) is 2.62. The molecule has 0 spiro atoms. The second-order valence-electron chi connectivity index (χ2n) is 9.69. The molecule has 0 fully saturated rings. The van der Waals surface area contributed by atoms with Crippen molar-refractivity contribution in [1.82, 2.24) is 10.9 Å². The fraction of sp³-hybridized carbons (Fsp3) is 0.600. The summed E-state index contributed by atoms with van der Waals surface area (Å²) in [5.74, 6) is -0.830. The standard InChI is InChI=1S/C25H40N2O3/c1-18(2)16-22(23(28)27-26-17-19(3)4)21(24(29)30-25(5,6)7)15-11-14-20-12-9-8-10-13-20/h8-14,18-19,21-22,26H,15-17H2,1-7H3,(H,27,28)/b14-11+/t21-,22+/m0/s1. The highest BCUT2D eigenvalue weighted by molar-refractivity contribution is 5.85. The summed E-state index contributed by atoms with van der Waals surface area (Å²) in [6.45, 7) is 14.5. The van der Waals surface area contributed by atoms with Crippen molar-refractivity contribution in [2.45, 2.75) is 66.9 Å². The summed E-state index contributed by atoms with van der Waals surface area (Å²) >= 11 is 0. The monoisotopic (exact) mass is 416 g/mol. The summed E-state index contributed by atoms with van der Waals surface area (Å²) in [6, 6.07) is 9.93. The lowest BCUT2D eigenvalue weighted by Gasteiger charge is -2.29. The van der Waals surface area contributed by atoms with Crippen LogP contribution in [0.3, 0.4) is 0 Å². The van der Waals surface area contributed by atoms with E-state index in [0.29, 0.717) is 25.3 Å². The summed E-state index contributed by atoms with van der Waals surface area (Å²) in [5, 5.41) is 0. The van der Waals surface area contributed by atoms with Crippen molar-refractivity contribution in [3.8, 4) is 0 Å². The predicted octanol–water partition coefficient (Wildman–Crippen LogP) is 4.99. The van der Waals surface area contributed by atoms with Gasteiger partial charge in [0, 0.05) is 6.54 Å². The Balaban J connectivity index is 3.05. The van der Waals surface area contributed by atoms with Crippen LogP contribution in [0.4, 0.5) is 0 Å². The van der Waals surface area contributed by atoms with Crippen molar-refractivity contribution in [3.63, 3.8) is 0 Å². The number of rotatable bonds is 11. The Bertz CT molecular complexity index is 675. The number of hydrazine groups is 1. The van der Waals surface area contributed by atoms with E-state index in [9.17, 15) is 9.59 Å². The van der Waals surface area contributed by atoms with Crippen LogP contribution < -0.4 is 10.9 Å². The van der Waals surface area contributed by atoms with Gasteiger partial charge >= 0.3 is 5.97 Å². The molecule has 0 bridgehead atoms. The van der Waals surface area contributed by atoms with E-state index in [0.717, 1.165) is 5.56 Å². The number of esters is 1. The normalized spacial score (nSPS) is 14.2. The van der Waals surface area contributed by atoms with Gasteiger partial charge < -0.3 is 4.74 Å². The molecule has 1 aromatic rings. The van der Waals surface area contributed by atoms with Gasteiger partial charge in [0.1, 0.15) is 5.60 Å². The van der Waals surface area contributed by atoms with Crippen molar-refractivity contribution in [1.29, 1.82) is 0 Å². The van der Waals surface area contributed by atoms with Gasteiger partial charge in [0.15, 0.2) is 0 Å². The van der Waals surface area contributed by atoms with Crippen molar-refractivity contribution >= 4 is 18.0 Å². The Hall–Kier alpha value is -2.14. The zero-order chi connectivity index (χ0) is 22.7. The first-order valence-corrected chi connectivity index (χ1v) is 11.0.